The molecule has 2 heterocycles. The summed E-state index contributed by atoms with van der Waals surface area (Å²) in [5.74, 6) is 3.14. The molecule has 1 aliphatic carbocycles. The zero-order valence-electron chi connectivity index (χ0n) is 28.1. The fourth-order valence-electron chi connectivity index (χ4n) is 4.59. The number of nitrogens with zero attached hydrogens (tertiary/aromatic N) is 4. The van der Waals surface area contributed by atoms with Crippen LogP contribution in [0, 0.1) is 67.0 Å². The van der Waals surface area contributed by atoms with Crippen LogP contribution in [-0.2, 0) is 9.47 Å². The van der Waals surface area contributed by atoms with Crippen molar-refractivity contribution in [3.8, 4) is 24.3 Å². The summed E-state index contributed by atoms with van der Waals surface area (Å²) in [4.78, 5) is 0. The first-order chi connectivity index (χ1) is 20.1. The molecule has 0 aromatic carbocycles. The molecule has 0 saturated carbocycles. The van der Waals surface area contributed by atoms with Gasteiger partial charge in [0.25, 0.3) is 0 Å². The number of ether oxygens (including phenoxy) is 2. The van der Waals surface area contributed by atoms with Crippen molar-refractivity contribution in [2.24, 2.45) is 21.7 Å². The minimum atomic E-state index is -0.282. The van der Waals surface area contributed by atoms with Crippen molar-refractivity contribution in [1.29, 1.82) is 21.0 Å². The predicted octanol–water partition coefficient (Wildman–Crippen LogP) is 9.62. The lowest BCUT2D eigenvalue weighted by atomic mass is 9.71. The summed E-state index contributed by atoms with van der Waals surface area (Å²) in [5.41, 5.74) is 1.99. The lowest BCUT2D eigenvalue weighted by molar-refractivity contribution is 0.161. The van der Waals surface area contributed by atoms with Gasteiger partial charge in [-0.05, 0) is 58.7 Å². The monoisotopic (exact) mass is 586 g/mol. The van der Waals surface area contributed by atoms with E-state index in [2.05, 4.69) is 83.1 Å². The van der Waals surface area contributed by atoms with Crippen LogP contribution in [0.2, 0.25) is 0 Å². The van der Waals surface area contributed by atoms with Crippen LogP contribution in [0.5, 0.6) is 0 Å². The third kappa shape index (κ3) is 7.05. The first-order valence-corrected chi connectivity index (χ1v) is 14.7. The summed E-state index contributed by atoms with van der Waals surface area (Å²) in [6, 6.07) is 7.92. The summed E-state index contributed by atoms with van der Waals surface area (Å²) in [6.07, 6.45) is 11.7. The molecule has 6 nitrogen and oxygen atoms in total. The van der Waals surface area contributed by atoms with Crippen molar-refractivity contribution < 1.29 is 9.47 Å². The average Bonchev–Trinajstić information content (AvgIpc) is 2.91. The Labute approximate surface area is 263 Å². The van der Waals surface area contributed by atoms with Gasteiger partial charge in [-0.25, -0.2) is 0 Å². The summed E-state index contributed by atoms with van der Waals surface area (Å²) < 4.78 is 12.7. The van der Waals surface area contributed by atoms with E-state index in [1.165, 1.54) is 0 Å². The molecule has 44 heavy (non-hydrogen) atoms. The van der Waals surface area contributed by atoms with Gasteiger partial charge in [0.2, 0.25) is 0 Å². The first kappa shape index (κ1) is 33.7. The average molecular weight is 587 g/mol. The lowest BCUT2D eigenvalue weighted by Gasteiger charge is -2.34. The highest BCUT2D eigenvalue weighted by Gasteiger charge is 2.36. The molecule has 0 atom stereocenters. The molecular formula is C38H42N4O2. The van der Waals surface area contributed by atoms with Gasteiger partial charge in [0, 0.05) is 32.8 Å². The number of hydrogen-bond acceptors (Lipinski definition) is 6. The minimum Gasteiger partial charge on any atom is -0.465 e. The van der Waals surface area contributed by atoms with Gasteiger partial charge in [-0.2, -0.15) is 21.0 Å². The van der Waals surface area contributed by atoms with E-state index < -0.39 is 0 Å². The molecule has 0 bridgehead atoms. The maximum atomic E-state index is 9.93. The molecule has 0 N–H and O–H groups in total. The summed E-state index contributed by atoms with van der Waals surface area (Å²) >= 11 is 0. The topological polar surface area (TPSA) is 114 Å². The Morgan fingerprint density at radius 2 is 0.705 bits per heavy atom. The van der Waals surface area contributed by atoms with Crippen molar-refractivity contribution in [2.75, 3.05) is 0 Å². The molecule has 0 radical (unpaired) electrons. The van der Waals surface area contributed by atoms with Crippen LogP contribution in [0.3, 0.4) is 0 Å². The van der Waals surface area contributed by atoms with Gasteiger partial charge in [0.1, 0.15) is 58.5 Å². The molecule has 2 aliphatic heterocycles. The van der Waals surface area contributed by atoms with Crippen LogP contribution in [0.25, 0.3) is 0 Å². The molecule has 0 aromatic heterocycles. The van der Waals surface area contributed by atoms with E-state index in [0.717, 1.165) is 34.2 Å². The van der Waals surface area contributed by atoms with E-state index in [4.69, 9.17) is 9.47 Å². The highest BCUT2D eigenvalue weighted by Crippen LogP contribution is 2.48. The zero-order chi connectivity index (χ0) is 33.4. The van der Waals surface area contributed by atoms with E-state index in [-0.39, 0.29) is 32.8 Å². The van der Waals surface area contributed by atoms with E-state index in [0.29, 0.717) is 22.3 Å². The third-order valence-electron chi connectivity index (χ3n) is 7.24. The van der Waals surface area contributed by atoms with Crippen molar-refractivity contribution in [2.45, 2.75) is 83.1 Å². The first-order valence-electron chi connectivity index (χ1n) is 14.7. The van der Waals surface area contributed by atoms with Gasteiger partial charge in [0.15, 0.2) is 0 Å². The standard InChI is InChI=1S/C38H42N4O2/c1-35(2,3)29-15-23(16-30(43-29)36(4,5)6)13-27-28(34(26(21-41)22-42)33(27)25(19-39)20-40)14-24-17-31(37(7,8)9)44-32(18-24)38(10,11)12/h13-18H,1-12H3. The molecule has 6 heteroatoms. The van der Waals surface area contributed by atoms with Gasteiger partial charge in [-0.3, -0.25) is 0 Å². The quantitative estimate of drug-likeness (QED) is 0.298. The summed E-state index contributed by atoms with van der Waals surface area (Å²) in [5, 5.41) is 39.7. The maximum absolute atomic E-state index is 9.93. The zero-order valence-corrected chi connectivity index (χ0v) is 28.1. The summed E-state index contributed by atoms with van der Waals surface area (Å²) in [6.45, 7) is 24.9. The molecule has 0 amide bonds. The predicted molar refractivity (Wildman–Crippen MR) is 172 cm³/mol. The van der Waals surface area contributed by atoms with Gasteiger partial charge < -0.3 is 9.47 Å². The second kappa shape index (κ2) is 11.7. The molecule has 226 valence electrons. The van der Waals surface area contributed by atoms with Crippen LogP contribution in [0.4, 0.5) is 0 Å². The number of rotatable bonds is 2. The molecule has 0 unspecified atom stereocenters. The Morgan fingerprint density at radius 1 is 0.477 bits per heavy atom. The van der Waals surface area contributed by atoms with E-state index in [1.807, 2.05) is 60.7 Å². The highest BCUT2D eigenvalue weighted by atomic mass is 16.5. The van der Waals surface area contributed by atoms with E-state index >= 15 is 0 Å². The van der Waals surface area contributed by atoms with Gasteiger partial charge in [-0.15, -0.1) is 0 Å². The lowest BCUT2D eigenvalue weighted by Crippen LogP contribution is -2.22. The van der Waals surface area contributed by atoms with Crippen molar-refractivity contribution in [3.05, 3.63) is 104 Å². The Balaban J connectivity index is 2.51. The molecule has 0 fully saturated rings. The fraction of sp³-hybridized carbons (Fsp3) is 0.421. The van der Waals surface area contributed by atoms with Gasteiger partial charge in [0.05, 0.1) is 0 Å². The molecule has 0 saturated heterocycles. The number of hydrogen-bond donors (Lipinski definition) is 0. The van der Waals surface area contributed by atoms with Gasteiger partial charge >= 0.3 is 0 Å². The number of nitriles is 4. The third-order valence-corrected chi connectivity index (χ3v) is 7.24. The van der Waals surface area contributed by atoms with Crippen molar-refractivity contribution in [3.63, 3.8) is 0 Å². The summed E-state index contributed by atoms with van der Waals surface area (Å²) in [7, 11) is 0. The molecule has 3 aliphatic rings. The Bertz CT molecular complexity index is 1510. The smallest absolute Gasteiger partial charge is 0.138 e. The van der Waals surface area contributed by atoms with Crippen LogP contribution in [0.1, 0.15) is 83.1 Å². The second-order valence-electron chi connectivity index (χ2n) is 15.3. The Morgan fingerprint density at radius 3 is 0.886 bits per heavy atom. The number of allylic oxidation sites excluding steroid dienone is 18. The SMILES string of the molecule is CC(C)(C)C1=CC(=CC2=C(C=C3C=C(C(C)(C)C)OC(C(C)(C)C)=C3)C(=C(C#N)C#N)C2=C(C#N)C#N)C=C(C(C)(C)C)O1. The van der Waals surface area contributed by atoms with Crippen LogP contribution in [0.15, 0.2) is 104 Å². The Hall–Kier alpha value is -4.78. The van der Waals surface area contributed by atoms with E-state index in [1.54, 1.807) is 0 Å². The highest BCUT2D eigenvalue weighted by molar-refractivity contribution is 5.84. The maximum Gasteiger partial charge on any atom is 0.138 e. The molecule has 0 aromatic rings. The largest absolute Gasteiger partial charge is 0.465 e. The molecule has 0 spiro atoms. The fourth-order valence-corrected chi connectivity index (χ4v) is 4.59. The van der Waals surface area contributed by atoms with Gasteiger partial charge in [-0.1, -0.05) is 83.1 Å². The second-order valence-corrected chi connectivity index (χ2v) is 15.3. The molecular weight excluding hydrogens is 544 g/mol. The van der Waals surface area contributed by atoms with Crippen molar-refractivity contribution >= 4 is 0 Å². The van der Waals surface area contributed by atoms with Crippen LogP contribution < -0.4 is 0 Å². The normalized spacial score (nSPS) is 17.2. The molecule has 3 rings (SSSR count). The van der Waals surface area contributed by atoms with Crippen LogP contribution >= 0.6 is 0 Å². The minimum absolute atomic E-state index is 0.159. The Kier molecular flexibility index (Phi) is 8.98. The van der Waals surface area contributed by atoms with Crippen molar-refractivity contribution in [1.82, 2.24) is 0 Å². The van der Waals surface area contributed by atoms with E-state index in [9.17, 15) is 21.0 Å². The van der Waals surface area contributed by atoms with Crippen LogP contribution in [-0.4, -0.2) is 0 Å².